The van der Waals surface area contributed by atoms with Crippen molar-refractivity contribution in [3.63, 3.8) is 0 Å². The third-order valence-corrected chi connectivity index (χ3v) is 4.44. The molecule has 0 saturated heterocycles. The zero-order valence-corrected chi connectivity index (χ0v) is 16.0. The molecular formula is C18H16N8O4. The number of nitrogens with one attached hydrogen (secondary N) is 1. The molecule has 0 aliphatic rings. The fraction of sp³-hybridized carbons (Fsp3) is 0.167. The third kappa shape index (κ3) is 3.41. The summed E-state index contributed by atoms with van der Waals surface area (Å²) in [6.45, 7) is 1.50. The van der Waals surface area contributed by atoms with Crippen LogP contribution in [0, 0.1) is 17.0 Å². The van der Waals surface area contributed by atoms with Gasteiger partial charge in [-0.25, -0.2) is 9.67 Å². The van der Waals surface area contributed by atoms with Crippen LogP contribution >= 0.6 is 0 Å². The average Bonchev–Trinajstić information content (AvgIpc) is 3.27. The molecule has 0 radical (unpaired) electrons. The second kappa shape index (κ2) is 7.24. The highest BCUT2D eigenvalue weighted by Gasteiger charge is 2.15. The van der Waals surface area contributed by atoms with E-state index in [1.54, 1.807) is 20.0 Å². The lowest BCUT2D eigenvalue weighted by atomic mass is 10.3. The number of aryl methyl sites for hydroxylation is 2. The molecule has 4 rings (SSSR count). The standard InChI is InChI=1S/C18H16N8O4/c1-11-7-15(25(22-11)12-3-5-13(6-4-12)26(29)30)21-16(27)9-24-10-19-17-14(18(24)28)8-20-23(17)2/h3-8,10H,9H2,1-2H3,(H,21,27). The van der Waals surface area contributed by atoms with Crippen LogP contribution in [0.3, 0.4) is 0 Å². The first kappa shape index (κ1) is 19.0. The summed E-state index contributed by atoms with van der Waals surface area (Å²) in [5, 5.41) is 22.2. The van der Waals surface area contributed by atoms with Crippen LogP contribution in [0.1, 0.15) is 5.69 Å². The fourth-order valence-corrected chi connectivity index (χ4v) is 3.02. The molecule has 152 valence electrons. The van der Waals surface area contributed by atoms with Crippen LogP contribution in [0.15, 0.2) is 47.7 Å². The molecule has 3 aromatic heterocycles. The molecule has 1 aromatic carbocycles. The molecule has 0 unspecified atom stereocenters. The molecule has 1 N–H and O–H groups in total. The van der Waals surface area contributed by atoms with Gasteiger partial charge in [-0.15, -0.1) is 0 Å². The number of non-ortho nitro benzene ring substituents is 1. The maximum Gasteiger partial charge on any atom is 0.269 e. The van der Waals surface area contributed by atoms with Crippen LogP contribution in [-0.4, -0.2) is 39.9 Å². The highest BCUT2D eigenvalue weighted by Crippen LogP contribution is 2.20. The molecular weight excluding hydrogens is 392 g/mol. The summed E-state index contributed by atoms with van der Waals surface area (Å²) in [5.74, 6) is -0.0833. The van der Waals surface area contributed by atoms with E-state index in [-0.39, 0.29) is 17.8 Å². The Labute approximate surface area is 168 Å². The van der Waals surface area contributed by atoms with E-state index in [0.717, 1.165) is 0 Å². The average molecular weight is 408 g/mol. The fourth-order valence-electron chi connectivity index (χ4n) is 3.02. The molecule has 0 aliphatic carbocycles. The number of carbonyl (C=O) groups excluding carboxylic acids is 1. The predicted octanol–water partition coefficient (Wildman–Crippen LogP) is 1.17. The number of benzene rings is 1. The molecule has 12 nitrogen and oxygen atoms in total. The molecule has 4 aromatic rings. The molecule has 12 heteroatoms. The molecule has 0 spiro atoms. The Hall–Kier alpha value is -4.35. The van der Waals surface area contributed by atoms with Crippen LogP contribution < -0.4 is 10.9 Å². The van der Waals surface area contributed by atoms with Crippen molar-refractivity contribution in [2.24, 2.45) is 7.05 Å². The van der Waals surface area contributed by atoms with E-state index in [1.165, 1.54) is 50.7 Å². The predicted molar refractivity (Wildman–Crippen MR) is 106 cm³/mol. The lowest BCUT2D eigenvalue weighted by Crippen LogP contribution is -2.28. The van der Waals surface area contributed by atoms with Crippen LogP contribution in [0.2, 0.25) is 0 Å². The highest BCUT2D eigenvalue weighted by molar-refractivity contribution is 5.90. The molecule has 0 aliphatic heterocycles. The van der Waals surface area contributed by atoms with Gasteiger partial charge in [-0.2, -0.15) is 10.2 Å². The van der Waals surface area contributed by atoms with E-state index in [9.17, 15) is 19.7 Å². The van der Waals surface area contributed by atoms with E-state index in [0.29, 0.717) is 28.2 Å². The van der Waals surface area contributed by atoms with Gasteiger partial charge in [0.2, 0.25) is 5.91 Å². The number of hydrogen-bond acceptors (Lipinski definition) is 7. The Balaban J connectivity index is 1.58. The van der Waals surface area contributed by atoms with Gasteiger partial charge in [0.05, 0.1) is 22.5 Å². The molecule has 0 fully saturated rings. The van der Waals surface area contributed by atoms with E-state index in [1.807, 2.05) is 0 Å². The maximum atomic E-state index is 12.6. The first-order valence-electron chi connectivity index (χ1n) is 8.82. The Morgan fingerprint density at radius 2 is 2.00 bits per heavy atom. The van der Waals surface area contributed by atoms with E-state index < -0.39 is 10.8 Å². The number of hydrogen-bond donors (Lipinski definition) is 1. The second-order valence-electron chi connectivity index (χ2n) is 6.59. The lowest BCUT2D eigenvalue weighted by Gasteiger charge is -2.10. The smallest absolute Gasteiger partial charge is 0.269 e. The number of carbonyl (C=O) groups is 1. The van der Waals surface area contributed by atoms with Gasteiger partial charge in [0, 0.05) is 25.2 Å². The maximum absolute atomic E-state index is 12.6. The van der Waals surface area contributed by atoms with Gasteiger partial charge in [0.15, 0.2) is 5.65 Å². The Kier molecular flexibility index (Phi) is 4.58. The largest absolute Gasteiger partial charge is 0.309 e. The normalized spacial score (nSPS) is 11.0. The van der Waals surface area contributed by atoms with Gasteiger partial charge in [0.1, 0.15) is 24.1 Å². The van der Waals surface area contributed by atoms with Crippen molar-refractivity contribution in [2.75, 3.05) is 5.32 Å². The van der Waals surface area contributed by atoms with E-state index in [2.05, 4.69) is 20.5 Å². The first-order chi connectivity index (χ1) is 14.3. The minimum Gasteiger partial charge on any atom is -0.309 e. The number of fused-ring (bicyclic) bond motifs is 1. The van der Waals surface area contributed by atoms with E-state index in [4.69, 9.17) is 0 Å². The summed E-state index contributed by atoms with van der Waals surface area (Å²) < 4.78 is 4.13. The summed E-state index contributed by atoms with van der Waals surface area (Å²) in [6, 6.07) is 7.43. The lowest BCUT2D eigenvalue weighted by molar-refractivity contribution is -0.384. The zero-order chi connectivity index (χ0) is 21.4. The summed E-state index contributed by atoms with van der Waals surface area (Å²) >= 11 is 0. The van der Waals surface area contributed by atoms with Crippen molar-refractivity contribution in [2.45, 2.75) is 13.5 Å². The third-order valence-electron chi connectivity index (χ3n) is 4.44. The van der Waals surface area contributed by atoms with Crippen LogP contribution in [0.5, 0.6) is 0 Å². The summed E-state index contributed by atoms with van der Waals surface area (Å²) in [6.07, 6.45) is 2.71. The van der Waals surface area contributed by atoms with E-state index >= 15 is 0 Å². The molecule has 1 amide bonds. The molecule has 0 saturated carbocycles. The molecule has 3 heterocycles. The molecule has 30 heavy (non-hydrogen) atoms. The number of rotatable bonds is 5. The summed E-state index contributed by atoms with van der Waals surface area (Å²) in [5.41, 5.74) is 1.19. The number of nitrogens with zero attached hydrogens (tertiary/aromatic N) is 7. The van der Waals surface area contributed by atoms with Gasteiger partial charge >= 0.3 is 0 Å². The van der Waals surface area contributed by atoms with Crippen LogP contribution in [-0.2, 0) is 18.4 Å². The minimum absolute atomic E-state index is 0.0501. The minimum atomic E-state index is -0.494. The van der Waals surface area contributed by atoms with Crippen molar-refractivity contribution in [1.29, 1.82) is 0 Å². The Morgan fingerprint density at radius 1 is 1.27 bits per heavy atom. The van der Waals surface area contributed by atoms with Crippen molar-refractivity contribution < 1.29 is 9.72 Å². The topological polar surface area (TPSA) is 143 Å². The summed E-state index contributed by atoms with van der Waals surface area (Å²) in [4.78, 5) is 39.6. The first-order valence-corrected chi connectivity index (χ1v) is 8.82. The Morgan fingerprint density at radius 3 is 2.70 bits per heavy atom. The SMILES string of the molecule is Cc1cc(NC(=O)Cn2cnc3c(cnn3C)c2=O)n(-c2ccc([N+](=O)[O-])cc2)n1. The van der Waals surface area contributed by atoms with Crippen molar-refractivity contribution in [1.82, 2.24) is 29.1 Å². The quantitative estimate of drug-likeness (QED) is 0.386. The number of nitro groups is 1. The van der Waals surface area contributed by atoms with Gasteiger partial charge in [-0.05, 0) is 19.1 Å². The zero-order valence-electron chi connectivity index (χ0n) is 16.0. The van der Waals surface area contributed by atoms with Gasteiger partial charge in [0.25, 0.3) is 11.2 Å². The van der Waals surface area contributed by atoms with Gasteiger partial charge < -0.3 is 5.32 Å². The second-order valence-corrected chi connectivity index (χ2v) is 6.59. The van der Waals surface area contributed by atoms with Crippen LogP contribution in [0.4, 0.5) is 11.5 Å². The monoisotopic (exact) mass is 408 g/mol. The van der Waals surface area contributed by atoms with Crippen molar-refractivity contribution in [3.8, 4) is 5.69 Å². The molecule has 0 bridgehead atoms. The summed E-state index contributed by atoms with van der Waals surface area (Å²) in [7, 11) is 1.67. The van der Waals surface area contributed by atoms with Crippen molar-refractivity contribution >= 4 is 28.4 Å². The Bertz CT molecular complexity index is 1330. The van der Waals surface area contributed by atoms with Crippen molar-refractivity contribution in [3.05, 3.63) is 69.0 Å². The van der Waals surface area contributed by atoms with Crippen LogP contribution in [0.25, 0.3) is 16.7 Å². The number of aromatic nitrogens is 6. The van der Waals surface area contributed by atoms with Gasteiger partial charge in [-0.1, -0.05) is 0 Å². The number of anilines is 1. The number of nitro benzene ring substituents is 1. The molecule has 0 atom stereocenters. The highest BCUT2D eigenvalue weighted by atomic mass is 16.6. The number of amides is 1. The van der Waals surface area contributed by atoms with Gasteiger partial charge in [-0.3, -0.25) is 29.0 Å².